The van der Waals surface area contributed by atoms with Crippen molar-refractivity contribution >= 4 is 10.9 Å². The van der Waals surface area contributed by atoms with Crippen LogP contribution in [0.4, 0.5) is 0 Å². The summed E-state index contributed by atoms with van der Waals surface area (Å²) in [5.74, 6) is 0.748. The van der Waals surface area contributed by atoms with Gasteiger partial charge in [0.2, 0.25) is 0 Å². The average Bonchev–Trinajstić information content (AvgIpc) is 3.09. The van der Waals surface area contributed by atoms with Crippen molar-refractivity contribution in [1.82, 2.24) is 14.4 Å². The van der Waals surface area contributed by atoms with E-state index in [4.69, 9.17) is 9.47 Å². The number of hydrogen-bond acceptors (Lipinski definition) is 4. The highest BCUT2D eigenvalue weighted by Crippen LogP contribution is 2.51. The standard InChI is InChI=1S/C23H31N3O2/c1-2-6-20-18(5-1)19-7-9-25-8-3-4-17-16-21(26(20)23(19)22(17)25)28-15-12-24-10-13-27-14-11-24/h1-2,5-6,17,21-22H,3-4,7-16H2. The molecule has 0 radical (unpaired) electrons. The summed E-state index contributed by atoms with van der Waals surface area (Å²) in [6.45, 7) is 8.12. The molecule has 0 aliphatic carbocycles. The zero-order valence-electron chi connectivity index (χ0n) is 16.7. The molecule has 0 spiro atoms. The van der Waals surface area contributed by atoms with Gasteiger partial charge in [0, 0.05) is 37.3 Å². The minimum Gasteiger partial charge on any atom is -0.379 e. The predicted molar refractivity (Wildman–Crippen MR) is 110 cm³/mol. The van der Waals surface area contributed by atoms with Crippen LogP contribution in [0.5, 0.6) is 0 Å². The first-order chi connectivity index (χ1) is 13.9. The molecule has 28 heavy (non-hydrogen) atoms. The van der Waals surface area contributed by atoms with E-state index in [1.165, 1.54) is 43.3 Å². The maximum absolute atomic E-state index is 6.60. The summed E-state index contributed by atoms with van der Waals surface area (Å²) >= 11 is 0. The number of fused-ring (bicyclic) bond motifs is 3. The summed E-state index contributed by atoms with van der Waals surface area (Å²) in [6.07, 6.45) is 5.24. The van der Waals surface area contributed by atoms with E-state index in [1.54, 1.807) is 11.3 Å². The van der Waals surface area contributed by atoms with E-state index >= 15 is 0 Å². The second-order valence-corrected chi connectivity index (χ2v) is 8.90. The molecule has 1 aromatic heterocycles. The Morgan fingerprint density at radius 1 is 1.07 bits per heavy atom. The fraction of sp³-hybridized carbons (Fsp3) is 0.652. The van der Waals surface area contributed by atoms with E-state index in [0.29, 0.717) is 6.04 Å². The largest absolute Gasteiger partial charge is 0.379 e. The van der Waals surface area contributed by atoms with Crippen LogP contribution in [0.15, 0.2) is 24.3 Å². The maximum atomic E-state index is 6.60. The first-order valence-corrected chi connectivity index (χ1v) is 11.2. The lowest BCUT2D eigenvalue weighted by Gasteiger charge is -2.49. The van der Waals surface area contributed by atoms with Crippen LogP contribution in [0.1, 0.15) is 42.8 Å². The highest BCUT2D eigenvalue weighted by molar-refractivity contribution is 5.86. The van der Waals surface area contributed by atoms with Crippen molar-refractivity contribution in [3.05, 3.63) is 35.5 Å². The van der Waals surface area contributed by atoms with Crippen LogP contribution in [-0.4, -0.2) is 66.9 Å². The van der Waals surface area contributed by atoms with Gasteiger partial charge in [0.05, 0.1) is 31.4 Å². The average molecular weight is 382 g/mol. The highest BCUT2D eigenvalue weighted by Gasteiger charge is 2.45. The molecular formula is C23H31N3O2. The summed E-state index contributed by atoms with van der Waals surface area (Å²) in [5.41, 5.74) is 4.57. The summed E-state index contributed by atoms with van der Waals surface area (Å²) in [6, 6.07) is 9.63. The number of aromatic nitrogens is 1. The van der Waals surface area contributed by atoms with Gasteiger partial charge in [0.25, 0.3) is 0 Å². The minimum absolute atomic E-state index is 0.189. The van der Waals surface area contributed by atoms with Gasteiger partial charge in [0.15, 0.2) is 0 Å². The van der Waals surface area contributed by atoms with Crippen molar-refractivity contribution in [3.8, 4) is 0 Å². The normalized spacial score (nSPS) is 30.5. The molecule has 2 fully saturated rings. The lowest BCUT2D eigenvalue weighted by atomic mass is 9.78. The number of hydrogen-bond donors (Lipinski definition) is 0. The first-order valence-electron chi connectivity index (χ1n) is 11.2. The Hall–Kier alpha value is -1.40. The molecule has 4 aliphatic rings. The molecule has 1 aromatic carbocycles. The molecule has 0 N–H and O–H groups in total. The summed E-state index contributed by atoms with van der Waals surface area (Å²) in [5, 5.41) is 1.46. The van der Waals surface area contributed by atoms with E-state index in [9.17, 15) is 0 Å². The molecule has 0 saturated carbocycles. The topological polar surface area (TPSA) is 29.9 Å². The zero-order valence-corrected chi connectivity index (χ0v) is 16.7. The van der Waals surface area contributed by atoms with Crippen molar-refractivity contribution in [2.45, 2.75) is 38.0 Å². The Bertz CT molecular complexity index is 857. The van der Waals surface area contributed by atoms with E-state index in [0.717, 1.165) is 51.8 Å². The number of ether oxygens (including phenoxy) is 2. The first kappa shape index (κ1) is 17.5. The molecule has 5 heteroatoms. The molecule has 0 amide bonds. The molecule has 6 rings (SSSR count). The third-order valence-corrected chi connectivity index (χ3v) is 7.46. The highest BCUT2D eigenvalue weighted by atomic mass is 16.5. The molecule has 5 heterocycles. The fourth-order valence-electron chi connectivity index (χ4n) is 6.20. The SMILES string of the molecule is c1ccc2c(c1)c1c3n2C(OCCN2CCOCC2)CC2CCCN(CC1)C32. The van der Waals surface area contributed by atoms with Crippen LogP contribution < -0.4 is 0 Å². The van der Waals surface area contributed by atoms with Gasteiger partial charge in [-0.2, -0.15) is 0 Å². The number of rotatable bonds is 4. The Balaban J connectivity index is 1.33. The Kier molecular flexibility index (Phi) is 4.45. The van der Waals surface area contributed by atoms with Crippen molar-refractivity contribution < 1.29 is 9.47 Å². The van der Waals surface area contributed by atoms with Gasteiger partial charge in [0.1, 0.15) is 6.23 Å². The number of nitrogens with zero attached hydrogens (tertiary/aromatic N) is 3. The summed E-state index contributed by atoms with van der Waals surface area (Å²) in [7, 11) is 0. The molecule has 2 aromatic rings. The third kappa shape index (κ3) is 2.75. The second kappa shape index (κ2) is 7.13. The van der Waals surface area contributed by atoms with E-state index in [2.05, 4.69) is 38.6 Å². The van der Waals surface area contributed by atoms with E-state index in [-0.39, 0.29) is 6.23 Å². The molecule has 2 saturated heterocycles. The summed E-state index contributed by atoms with van der Waals surface area (Å²) < 4.78 is 14.7. The molecule has 0 bridgehead atoms. The van der Waals surface area contributed by atoms with Crippen LogP contribution in [0.25, 0.3) is 10.9 Å². The number of piperidine rings is 1. The van der Waals surface area contributed by atoms with Gasteiger partial charge in [-0.3, -0.25) is 9.80 Å². The second-order valence-electron chi connectivity index (χ2n) is 8.90. The Morgan fingerprint density at radius 2 is 1.96 bits per heavy atom. The molecule has 4 aliphatic heterocycles. The van der Waals surface area contributed by atoms with Crippen LogP contribution in [0, 0.1) is 5.92 Å². The van der Waals surface area contributed by atoms with Crippen LogP contribution >= 0.6 is 0 Å². The van der Waals surface area contributed by atoms with Crippen molar-refractivity contribution in [2.75, 3.05) is 52.5 Å². The fourth-order valence-corrected chi connectivity index (χ4v) is 6.20. The van der Waals surface area contributed by atoms with Gasteiger partial charge in [-0.25, -0.2) is 0 Å². The molecular weight excluding hydrogens is 350 g/mol. The van der Waals surface area contributed by atoms with E-state index < -0.39 is 0 Å². The maximum Gasteiger partial charge on any atom is 0.134 e. The van der Waals surface area contributed by atoms with Crippen LogP contribution in [0.3, 0.4) is 0 Å². The smallest absolute Gasteiger partial charge is 0.134 e. The van der Waals surface area contributed by atoms with Crippen molar-refractivity contribution in [1.29, 1.82) is 0 Å². The van der Waals surface area contributed by atoms with Gasteiger partial charge in [-0.1, -0.05) is 18.2 Å². The minimum atomic E-state index is 0.189. The zero-order chi connectivity index (χ0) is 18.5. The van der Waals surface area contributed by atoms with Gasteiger partial charge >= 0.3 is 0 Å². The number of benzene rings is 1. The monoisotopic (exact) mass is 381 g/mol. The molecule has 5 nitrogen and oxygen atoms in total. The molecule has 3 atom stereocenters. The summed E-state index contributed by atoms with van der Waals surface area (Å²) in [4.78, 5) is 5.23. The number of morpholine rings is 1. The predicted octanol–water partition coefficient (Wildman–Crippen LogP) is 3.20. The lowest BCUT2D eigenvalue weighted by molar-refractivity contribution is -0.0682. The third-order valence-electron chi connectivity index (χ3n) is 7.46. The van der Waals surface area contributed by atoms with Crippen LogP contribution in [0.2, 0.25) is 0 Å². The lowest BCUT2D eigenvalue weighted by Crippen LogP contribution is -2.47. The quantitative estimate of drug-likeness (QED) is 0.814. The van der Waals surface area contributed by atoms with Crippen LogP contribution in [-0.2, 0) is 15.9 Å². The van der Waals surface area contributed by atoms with Crippen molar-refractivity contribution in [2.24, 2.45) is 5.92 Å². The Labute approximate surface area is 167 Å². The van der Waals surface area contributed by atoms with Gasteiger partial charge < -0.3 is 14.0 Å². The van der Waals surface area contributed by atoms with E-state index in [1.807, 2.05) is 0 Å². The number of para-hydroxylation sites is 1. The van der Waals surface area contributed by atoms with Gasteiger partial charge in [-0.05, 0) is 49.8 Å². The Morgan fingerprint density at radius 3 is 2.89 bits per heavy atom. The molecule has 150 valence electrons. The van der Waals surface area contributed by atoms with Gasteiger partial charge in [-0.15, -0.1) is 0 Å². The molecule has 3 unspecified atom stereocenters. The van der Waals surface area contributed by atoms with Crippen molar-refractivity contribution in [3.63, 3.8) is 0 Å².